The Balaban J connectivity index is 1.81. The minimum absolute atomic E-state index is 0.0464. The minimum atomic E-state index is -3.84. The molecule has 0 aliphatic heterocycles. The van der Waals surface area contributed by atoms with E-state index in [-0.39, 0.29) is 36.9 Å². The van der Waals surface area contributed by atoms with Gasteiger partial charge in [0.15, 0.2) is 9.84 Å². The Morgan fingerprint density at radius 2 is 1.77 bits per heavy atom. The van der Waals surface area contributed by atoms with Crippen LogP contribution in [-0.2, 0) is 38.8 Å². The number of benzene rings is 1. The van der Waals surface area contributed by atoms with E-state index >= 15 is 0 Å². The predicted molar refractivity (Wildman–Crippen MR) is 145 cm³/mol. The highest BCUT2D eigenvalue weighted by molar-refractivity contribution is 7.90. The normalized spacial score (nSPS) is 11.6. The first-order valence-electron chi connectivity index (χ1n) is 12.9. The zero-order chi connectivity index (χ0) is 28.9. The molecular weight excluding hydrogens is 538 g/mol. The van der Waals surface area contributed by atoms with Crippen molar-refractivity contribution in [3.8, 4) is 17.1 Å². The van der Waals surface area contributed by atoms with Crippen LogP contribution in [0.15, 0.2) is 47.6 Å². The first kappa shape index (κ1) is 28.7. The molecule has 0 spiro atoms. The standard InChI is InChI=1S/C27H31N5O7S/c1-4-6-12-21-29-24(40(3,36)37)25(39-27(35)38-5-2)32(21)17-19-15-16-31-20(13-14-22(33)34)23(30-26(31)28-19)18-10-8-7-9-11-18/h7-11,15-16H,4-6,12-14,17H2,1-3H3,(H,33,34). The second kappa shape index (κ2) is 12.3. The summed E-state index contributed by atoms with van der Waals surface area (Å²) >= 11 is 0. The molecule has 212 valence electrons. The summed E-state index contributed by atoms with van der Waals surface area (Å²) in [5.41, 5.74) is 2.67. The average Bonchev–Trinajstić information content (AvgIpc) is 3.44. The number of sulfone groups is 1. The van der Waals surface area contributed by atoms with Crippen molar-refractivity contribution in [2.24, 2.45) is 0 Å². The predicted octanol–water partition coefficient (Wildman–Crippen LogP) is 3.94. The average molecular weight is 570 g/mol. The number of rotatable bonds is 12. The Morgan fingerprint density at radius 1 is 1.02 bits per heavy atom. The zero-order valence-corrected chi connectivity index (χ0v) is 23.3. The summed E-state index contributed by atoms with van der Waals surface area (Å²) in [6, 6.07) is 11.1. The van der Waals surface area contributed by atoms with Crippen molar-refractivity contribution in [2.75, 3.05) is 12.9 Å². The van der Waals surface area contributed by atoms with Gasteiger partial charge in [-0.05, 0) is 19.4 Å². The van der Waals surface area contributed by atoms with E-state index in [0.29, 0.717) is 35.1 Å². The van der Waals surface area contributed by atoms with Crippen LogP contribution in [0.1, 0.15) is 50.3 Å². The Bertz CT molecular complexity index is 1630. The number of carboxylic acid groups (broad SMARTS) is 1. The van der Waals surface area contributed by atoms with Crippen LogP contribution in [0, 0.1) is 0 Å². The number of nitrogens with zero attached hydrogens (tertiary/aromatic N) is 5. The Morgan fingerprint density at radius 3 is 2.42 bits per heavy atom. The van der Waals surface area contributed by atoms with Gasteiger partial charge in [-0.3, -0.25) is 13.8 Å². The van der Waals surface area contributed by atoms with Crippen LogP contribution in [0.5, 0.6) is 5.88 Å². The first-order chi connectivity index (χ1) is 19.1. The van der Waals surface area contributed by atoms with Gasteiger partial charge in [0, 0.05) is 30.9 Å². The number of ether oxygens (including phenoxy) is 2. The van der Waals surface area contributed by atoms with Crippen LogP contribution < -0.4 is 4.74 Å². The molecule has 3 aromatic heterocycles. The smallest absolute Gasteiger partial charge is 0.481 e. The van der Waals surface area contributed by atoms with E-state index < -0.39 is 22.0 Å². The van der Waals surface area contributed by atoms with Crippen molar-refractivity contribution in [1.29, 1.82) is 0 Å². The van der Waals surface area contributed by atoms with Crippen LogP contribution >= 0.6 is 0 Å². The summed E-state index contributed by atoms with van der Waals surface area (Å²) < 4.78 is 38.7. The third-order valence-electron chi connectivity index (χ3n) is 6.11. The second-order valence-electron chi connectivity index (χ2n) is 9.14. The maximum Gasteiger partial charge on any atom is 0.515 e. The van der Waals surface area contributed by atoms with Crippen molar-refractivity contribution < 1.29 is 32.6 Å². The molecule has 40 heavy (non-hydrogen) atoms. The maximum absolute atomic E-state index is 12.6. The molecule has 4 aromatic rings. The van der Waals surface area contributed by atoms with Gasteiger partial charge in [-0.1, -0.05) is 43.7 Å². The fourth-order valence-corrected chi connectivity index (χ4v) is 5.01. The second-order valence-corrected chi connectivity index (χ2v) is 11.1. The molecule has 0 bridgehead atoms. The summed E-state index contributed by atoms with van der Waals surface area (Å²) in [6.07, 6.45) is 3.92. The number of carbonyl (C=O) groups is 2. The van der Waals surface area contributed by atoms with Gasteiger partial charge in [-0.2, -0.15) is 0 Å². The summed E-state index contributed by atoms with van der Waals surface area (Å²) in [7, 11) is -3.84. The number of aliphatic carboxylic acids is 1. The fourth-order valence-electron chi connectivity index (χ4n) is 4.27. The maximum atomic E-state index is 12.6. The molecular formula is C27H31N5O7S. The van der Waals surface area contributed by atoms with Gasteiger partial charge in [0.25, 0.3) is 0 Å². The molecule has 0 radical (unpaired) electrons. The highest BCUT2D eigenvalue weighted by Gasteiger charge is 2.28. The molecule has 0 amide bonds. The van der Waals surface area contributed by atoms with Crippen LogP contribution in [0.4, 0.5) is 4.79 Å². The summed E-state index contributed by atoms with van der Waals surface area (Å²) in [4.78, 5) is 37.3. The summed E-state index contributed by atoms with van der Waals surface area (Å²) in [5.74, 6) is -0.375. The number of unbranched alkanes of at least 4 members (excludes halogenated alkanes) is 1. The Labute approximate surface area is 231 Å². The van der Waals surface area contributed by atoms with Gasteiger partial charge in [0.1, 0.15) is 5.82 Å². The van der Waals surface area contributed by atoms with Gasteiger partial charge < -0.3 is 14.6 Å². The van der Waals surface area contributed by atoms with E-state index in [1.807, 2.05) is 37.3 Å². The monoisotopic (exact) mass is 569 g/mol. The lowest BCUT2D eigenvalue weighted by Crippen LogP contribution is -2.16. The topological polar surface area (TPSA) is 155 Å². The Hall–Kier alpha value is -4.26. The number of hydrogen-bond acceptors (Lipinski definition) is 9. The van der Waals surface area contributed by atoms with E-state index in [4.69, 9.17) is 14.5 Å². The molecule has 4 rings (SSSR count). The lowest BCUT2D eigenvalue weighted by atomic mass is 10.1. The Kier molecular flexibility index (Phi) is 8.83. The van der Waals surface area contributed by atoms with E-state index in [9.17, 15) is 23.1 Å². The number of aryl methyl sites for hydroxylation is 2. The molecule has 12 nitrogen and oxygen atoms in total. The number of hydrogen-bond donors (Lipinski definition) is 1. The van der Waals surface area contributed by atoms with Gasteiger partial charge in [0.2, 0.25) is 16.7 Å². The number of fused-ring (bicyclic) bond motifs is 1. The fraction of sp³-hybridized carbons (Fsp3) is 0.370. The molecule has 0 aliphatic rings. The first-order valence-corrected chi connectivity index (χ1v) is 14.8. The van der Waals surface area contributed by atoms with Crippen molar-refractivity contribution in [2.45, 2.75) is 57.5 Å². The lowest BCUT2D eigenvalue weighted by Gasteiger charge is -2.12. The molecule has 0 aliphatic carbocycles. The van der Waals surface area contributed by atoms with Gasteiger partial charge in [0.05, 0.1) is 36.7 Å². The summed E-state index contributed by atoms with van der Waals surface area (Å²) in [6.45, 7) is 3.71. The van der Waals surface area contributed by atoms with Crippen LogP contribution in [0.25, 0.3) is 17.0 Å². The molecule has 0 atom stereocenters. The number of carboxylic acids is 1. The SMILES string of the molecule is CCCCc1nc(S(C)(=O)=O)c(OC(=O)OCC)n1Cc1ccn2c(CCC(=O)O)c(-c3ccccc3)nc2n1. The highest BCUT2D eigenvalue weighted by atomic mass is 32.2. The molecule has 13 heteroatoms. The van der Waals surface area contributed by atoms with Gasteiger partial charge in [-0.15, -0.1) is 0 Å². The molecule has 0 fully saturated rings. The third-order valence-corrected chi connectivity index (χ3v) is 7.08. The molecule has 0 saturated heterocycles. The van der Waals surface area contributed by atoms with E-state index in [1.54, 1.807) is 23.6 Å². The van der Waals surface area contributed by atoms with Crippen LogP contribution in [0.3, 0.4) is 0 Å². The lowest BCUT2D eigenvalue weighted by molar-refractivity contribution is -0.136. The zero-order valence-electron chi connectivity index (χ0n) is 22.5. The van der Waals surface area contributed by atoms with E-state index in [0.717, 1.165) is 24.7 Å². The van der Waals surface area contributed by atoms with Crippen molar-refractivity contribution >= 4 is 27.7 Å². The highest BCUT2D eigenvalue weighted by Crippen LogP contribution is 2.29. The van der Waals surface area contributed by atoms with Gasteiger partial charge >= 0.3 is 12.1 Å². The number of aromatic nitrogens is 5. The van der Waals surface area contributed by atoms with Crippen molar-refractivity contribution in [3.63, 3.8) is 0 Å². The number of carbonyl (C=O) groups excluding carboxylic acids is 1. The van der Waals surface area contributed by atoms with Gasteiger partial charge in [-0.25, -0.2) is 28.2 Å². The largest absolute Gasteiger partial charge is 0.515 e. The molecule has 1 N–H and O–H groups in total. The van der Waals surface area contributed by atoms with Crippen LogP contribution in [-0.4, -0.2) is 62.4 Å². The molecule has 3 heterocycles. The molecule has 0 saturated carbocycles. The molecule has 0 unspecified atom stereocenters. The van der Waals surface area contributed by atoms with Crippen molar-refractivity contribution in [1.82, 2.24) is 23.9 Å². The van der Waals surface area contributed by atoms with Crippen molar-refractivity contribution in [3.05, 3.63) is 59.8 Å². The van der Waals surface area contributed by atoms with E-state index in [2.05, 4.69) is 9.97 Å². The quantitative estimate of drug-likeness (QED) is 0.248. The summed E-state index contributed by atoms with van der Waals surface area (Å²) in [5, 5.41) is 8.93. The third kappa shape index (κ3) is 6.47. The number of imidazole rings is 2. The van der Waals surface area contributed by atoms with Crippen LogP contribution in [0.2, 0.25) is 0 Å². The van der Waals surface area contributed by atoms with E-state index in [1.165, 1.54) is 4.57 Å². The molecule has 1 aromatic carbocycles. The minimum Gasteiger partial charge on any atom is -0.481 e.